The Morgan fingerprint density at radius 2 is 2.15 bits per heavy atom. The van der Waals surface area contributed by atoms with Crippen LogP contribution in [-0.2, 0) is 4.74 Å². The molecular weight excluding hydrogens is 340 g/mol. The van der Waals surface area contributed by atoms with Crippen LogP contribution in [0.5, 0.6) is 0 Å². The lowest BCUT2D eigenvalue weighted by atomic mass is 9.94. The summed E-state index contributed by atoms with van der Waals surface area (Å²) in [6.07, 6.45) is 1.33. The van der Waals surface area contributed by atoms with Crippen molar-refractivity contribution in [3.63, 3.8) is 0 Å². The molecular formula is C14H19BrN2O2S. The van der Waals surface area contributed by atoms with E-state index in [1.54, 1.807) is 0 Å². The third-order valence-corrected chi connectivity index (χ3v) is 4.47. The zero-order valence-electron chi connectivity index (χ0n) is 11.4. The van der Waals surface area contributed by atoms with Gasteiger partial charge in [0.2, 0.25) is 0 Å². The molecule has 0 bridgehead atoms. The molecule has 0 aromatic heterocycles. The molecule has 20 heavy (non-hydrogen) atoms. The summed E-state index contributed by atoms with van der Waals surface area (Å²) >= 11 is 8.50. The van der Waals surface area contributed by atoms with Gasteiger partial charge in [-0.3, -0.25) is 0 Å². The van der Waals surface area contributed by atoms with Crippen LogP contribution < -0.4 is 10.6 Å². The van der Waals surface area contributed by atoms with E-state index in [1.165, 1.54) is 0 Å². The average molecular weight is 359 g/mol. The molecule has 0 aliphatic carbocycles. The van der Waals surface area contributed by atoms with E-state index in [9.17, 15) is 5.11 Å². The predicted molar refractivity (Wildman–Crippen MR) is 88.3 cm³/mol. The first-order chi connectivity index (χ1) is 9.41. The molecule has 0 unspecified atom stereocenters. The van der Waals surface area contributed by atoms with Crippen molar-refractivity contribution in [2.45, 2.75) is 18.4 Å². The van der Waals surface area contributed by atoms with E-state index in [4.69, 9.17) is 22.7 Å². The Morgan fingerprint density at radius 3 is 2.70 bits per heavy atom. The van der Waals surface area contributed by atoms with Crippen LogP contribution in [0.2, 0.25) is 0 Å². The van der Waals surface area contributed by atoms with Gasteiger partial charge in [0.25, 0.3) is 0 Å². The number of aliphatic hydroxyl groups is 1. The molecule has 4 nitrogen and oxygen atoms in total. The second-order valence-electron chi connectivity index (χ2n) is 5.22. The smallest absolute Gasteiger partial charge is 0.104 e. The number of thiocarbonyl (C=S) groups is 1. The zero-order valence-corrected chi connectivity index (χ0v) is 13.8. The van der Waals surface area contributed by atoms with Gasteiger partial charge in [0.15, 0.2) is 0 Å². The third kappa shape index (κ3) is 3.69. The molecule has 1 fully saturated rings. The molecule has 1 aromatic carbocycles. The van der Waals surface area contributed by atoms with Gasteiger partial charge in [0.1, 0.15) is 4.99 Å². The minimum Gasteiger partial charge on any atom is -0.389 e. The molecule has 1 aliphatic heterocycles. The number of ether oxygens (including phenoxy) is 1. The first kappa shape index (κ1) is 15.7. The number of anilines is 1. The number of rotatable bonds is 4. The van der Waals surface area contributed by atoms with Gasteiger partial charge in [0.05, 0.1) is 11.3 Å². The fraction of sp³-hybridized carbons (Fsp3) is 0.500. The van der Waals surface area contributed by atoms with Crippen molar-refractivity contribution in [2.24, 2.45) is 5.73 Å². The summed E-state index contributed by atoms with van der Waals surface area (Å²) in [4.78, 5) is 2.42. The van der Waals surface area contributed by atoms with E-state index in [-0.39, 0.29) is 0 Å². The molecule has 0 atom stereocenters. The van der Waals surface area contributed by atoms with Crippen molar-refractivity contribution in [3.05, 3.63) is 28.2 Å². The number of halogens is 1. The molecule has 6 heteroatoms. The van der Waals surface area contributed by atoms with Crippen molar-refractivity contribution in [1.82, 2.24) is 0 Å². The molecule has 1 saturated heterocycles. The first-order valence-corrected chi connectivity index (χ1v) is 7.72. The molecule has 1 aromatic rings. The van der Waals surface area contributed by atoms with E-state index >= 15 is 0 Å². The highest BCUT2D eigenvalue weighted by Crippen LogP contribution is 2.29. The maximum absolute atomic E-state index is 10.6. The Labute approximate surface area is 133 Å². The molecule has 0 saturated carbocycles. The quantitative estimate of drug-likeness (QED) is 0.806. The van der Waals surface area contributed by atoms with Crippen LogP contribution >= 0.6 is 28.1 Å². The van der Waals surface area contributed by atoms with Crippen LogP contribution in [-0.4, -0.2) is 42.5 Å². The van der Waals surface area contributed by atoms with Gasteiger partial charge in [0, 0.05) is 49.7 Å². The lowest BCUT2D eigenvalue weighted by Gasteiger charge is -2.36. The Hall–Kier alpha value is -0.690. The normalized spacial score (nSPS) is 17.8. The van der Waals surface area contributed by atoms with Gasteiger partial charge in [-0.1, -0.05) is 12.2 Å². The van der Waals surface area contributed by atoms with Gasteiger partial charge in [-0.05, 0) is 34.1 Å². The molecule has 0 spiro atoms. The molecule has 1 heterocycles. The molecule has 2 rings (SSSR count). The van der Waals surface area contributed by atoms with E-state index in [1.807, 2.05) is 30.1 Å². The van der Waals surface area contributed by atoms with Gasteiger partial charge < -0.3 is 20.5 Å². The first-order valence-electron chi connectivity index (χ1n) is 6.52. The van der Waals surface area contributed by atoms with Crippen molar-refractivity contribution >= 4 is 38.8 Å². The fourth-order valence-corrected chi connectivity index (χ4v) is 3.21. The molecule has 0 amide bonds. The van der Waals surface area contributed by atoms with Crippen LogP contribution in [0.1, 0.15) is 18.4 Å². The van der Waals surface area contributed by atoms with E-state index < -0.39 is 5.60 Å². The number of hydrogen-bond donors (Lipinski definition) is 2. The molecule has 3 N–H and O–H groups in total. The number of likely N-dealkylation sites (N-methyl/N-ethyl adjacent to an activating group) is 1. The topological polar surface area (TPSA) is 58.7 Å². The highest BCUT2D eigenvalue weighted by molar-refractivity contribution is 9.10. The summed E-state index contributed by atoms with van der Waals surface area (Å²) in [6.45, 7) is 1.80. The van der Waals surface area contributed by atoms with Crippen molar-refractivity contribution in [1.29, 1.82) is 0 Å². The SMILES string of the molecule is CN(CC1(O)CCOCC1)c1ccc(C(N)=S)cc1Br. The van der Waals surface area contributed by atoms with Crippen molar-refractivity contribution in [2.75, 3.05) is 31.7 Å². The van der Waals surface area contributed by atoms with Crippen molar-refractivity contribution in [3.8, 4) is 0 Å². The lowest BCUT2D eigenvalue weighted by molar-refractivity contribution is -0.0572. The van der Waals surface area contributed by atoms with E-state index in [0.29, 0.717) is 37.6 Å². The summed E-state index contributed by atoms with van der Waals surface area (Å²) in [6, 6.07) is 5.76. The van der Waals surface area contributed by atoms with Gasteiger partial charge >= 0.3 is 0 Å². The fourth-order valence-electron chi connectivity index (χ4n) is 2.41. The molecule has 1 aliphatic rings. The maximum atomic E-state index is 10.6. The van der Waals surface area contributed by atoms with E-state index in [2.05, 4.69) is 15.9 Å². The Balaban J connectivity index is 2.12. The van der Waals surface area contributed by atoms with Crippen LogP contribution in [0.4, 0.5) is 5.69 Å². The van der Waals surface area contributed by atoms with Gasteiger partial charge in [-0.25, -0.2) is 0 Å². The maximum Gasteiger partial charge on any atom is 0.104 e. The third-order valence-electron chi connectivity index (χ3n) is 3.60. The number of hydrogen-bond acceptors (Lipinski definition) is 4. The molecule has 110 valence electrons. The minimum atomic E-state index is -0.686. The second-order valence-corrected chi connectivity index (χ2v) is 6.52. The standard InChI is InChI=1S/C14H19BrN2O2S/c1-17(9-14(18)4-6-19-7-5-14)12-3-2-10(13(16)20)8-11(12)15/h2-3,8,18H,4-7,9H2,1H3,(H2,16,20). The highest BCUT2D eigenvalue weighted by atomic mass is 79.9. The Morgan fingerprint density at radius 1 is 1.50 bits per heavy atom. The number of nitrogens with zero attached hydrogens (tertiary/aromatic N) is 1. The predicted octanol–water partition coefficient (Wildman–Crippen LogP) is 2.06. The monoisotopic (exact) mass is 358 g/mol. The molecule has 0 radical (unpaired) electrons. The lowest BCUT2D eigenvalue weighted by Crippen LogP contribution is -2.45. The summed E-state index contributed by atoms with van der Waals surface area (Å²) in [5, 5.41) is 10.6. The van der Waals surface area contributed by atoms with Crippen LogP contribution in [0.3, 0.4) is 0 Å². The van der Waals surface area contributed by atoms with Crippen molar-refractivity contribution < 1.29 is 9.84 Å². The minimum absolute atomic E-state index is 0.378. The number of benzene rings is 1. The Bertz CT molecular complexity index is 504. The van der Waals surface area contributed by atoms with Crippen LogP contribution in [0, 0.1) is 0 Å². The average Bonchev–Trinajstić information content (AvgIpc) is 2.38. The highest BCUT2D eigenvalue weighted by Gasteiger charge is 2.31. The van der Waals surface area contributed by atoms with Gasteiger partial charge in [-0.2, -0.15) is 0 Å². The van der Waals surface area contributed by atoms with Crippen LogP contribution in [0.15, 0.2) is 22.7 Å². The summed E-state index contributed by atoms with van der Waals surface area (Å²) < 4.78 is 6.22. The largest absolute Gasteiger partial charge is 0.389 e. The second kappa shape index (κ2) is 6.39. The van der Waals surface area contributed by atoms with Gasteiger partial charge in [-0.15, -0.1) is 0 Å². The Kier molecular flexibility index (Phi) is 5.01. The number of nitrogens with two attached hydrogens (primary N) is 1. The zero-order chi connectivity index (χ0) is 14.8. The van der Waals surface area contributed by atoms with Crippen LogP contribution in [0.25, 0.3) is 0 Å². The summed E-state index contributed by atoms with van der Waals surface area (Å²) in [5.74, 6) is 0. The van der Waals surface area contributed by atoms with E-state index in [0.717, 1.165) is 15.7 Å². The summed E-state index contributed by atoms with van der Waals surface area (Å²) in [7, 11) is 1.97. The summed E-state index contributed by atoms with van der Waals surface area (Å²) in [5.41, 5.74) is 6.77.